The van der Waals surface area contributed by atoms with Gasteiger partial charge in [0.05, 0.1) is 19.5 Å². The predicted molar refractivity (Wildman–Crippen MR) is 100 cm³/mol. The van der Waals surface area contributed by atoms with Crippen LogP contribution in [0.2, 0.25) is 0 Å². The van der Waals surface area contributed by atoms with Crippen LogP contribution >= 0.6 is 0 Å². The van der Waals surface area contributed by atoms with Crippen LogP contribution in [0.4, 0.5) is 0 Å². The van der Waals surface area contributed by atoms with Crippen molar-refractivity contribution in [1.82, 2.24) is 19.8 Å². The molecule has 2 aliphatic rings. The van der Waals surface area contributed by atoms with Crippen molar-refractivity contribution in [3.8, 4) is 0 Å². The Morgan fingerprint density at radius 1 is 1.28 bits per heavy atom. The van der Waals surface area contributed by atoms with Crippen molar-refractivity contribution < 1.29 is 13.2 Å². The largest absolute Gasteiger partial charge is 0.379 e. The van der Waals surface area contributed by atoms with Gasteiger partial charge < -0.3 is 15.0 Å². The van der Waals surface area contributed by atoms with Gasteiger partial charge in [-0.2, -0.15) is 0 Å². The van der Waals surface area contributed by atoms with Gasteiger partial charge >= 0.3 is 0 Å². The molecule has 9 heteroatoms. The molecular weight excluding hydrogens is 342 g/mol. The Hall–Kier alpha value is -0.900. The maximum absolute atomic E-state index is 11.5. The smallest absolute Gasteiger partial charge is 0.209 e. The normalized spacial score (nSPS) is 23.9. The van der Waals surface area contributed by atoms with Gasteiger partial charge in [-0.25, -0.2) is 13.1 Å². The van der Waals surface area contributed by atoms with E-state index in [0.29, 0.717) is 12.5 Å². The van der Waals surface area contributed by atoms with Crippen molar-refractivity contribution >= 4 is 16.0 Å². The van der Waals surface area contributed by atoms with Gasteiger partial charge in [0.1, 0.15) is 0 Å². The number of ether oxygens (including phenoxy) is 1. The summed E-state index contributed by atoms with van der Waals surface area (Å²) in [6.45, 7) is 11.0. The second kappa shape index (κ2) is 8.66. The Morgan fingerprint density at radius 2 is 1.96 bits per heavy atom. The lowest BCUT2D eigenvalue weighted by Gasteiger charge is -2.30. The summed E-state index contributed by atoms with van der Waals surface area (Å²) in [7, 11) is -1.47. The molecule has 1 unspecified atom stereocenters. The van der Waals surface area contributed by atoms with Crippen LogP contribution < -0.4 is 10.0 Å². The van der Waals surface area contributed by atoms with Gasteiger partial charge in [-0.15, -0.1) is 0 Å². The van der Waals surface area contributed by atoms with Gasteiger partial charge in [0.25, 0.3) is 0 Å². The molecule has 1 atom stereocenters. The number of aliphatic imine (C=N–C) groups is 1. The summed E-state index contributed by atoms with van der Waals surface area (Å²) in [4.78, 5) is 9.12. The molecule has 0 spiro atoms. The first-order chi connectivity index (χ1) is 11.7. The topological polar surface area (TPSA) is 86.3 Å². The highest BCUT2D eigenvalue weighted by atomic mass is 32.2. The summed E-state index contributed by atoms with van der Waals surface area (Å²) in [6, 6.07) is 0. The molecule has 2 fully saturated rings. The molecule has 146 valence electrons. The van der Waals surface area contributed by atoms with E-state index < -0.39 is 15.6 Å². The minimum Gasteiger partial charge on any atom is -0.379 e. The highest BCUT2D eigenvalue weighted by Crippen LogP contribution is 2.18. The quantitative estimate of drug-likeness (QED) is 0.483. The van der Waals surface area contributed by atoms with Gasteiger partial charge in [0, 0.05) is 51.9 Å². The monoisotopic (exact) mass is 375 g/mol. The number of hydrogen-bond acceptors (Lipinski definition) is 5. The summed E-state index contributed by atoms with van der Waals surface area (Å²) in [6.07, 6.45) is 2.34. The summed E-state index contributed by atoms with van der Waals surface area (Å²) < 4.78 is 31.0. The number of guanidine groups is 1. The number of nitrogens with one attached hydrogen (secondary N) is 2. The molecule has 25 heavy (non-hydrogen) atoms. The van der Waals surface area contributed by atoms with Crippen LogP contribution in [0.15, 0.2) is 4.99 Å². The summed E-state index contributed by atoms with van der Waals surface area (Å²) in [5.74, 6) is 1.48. The lowest BCUT2D eigenvalue weighted by molar-refractivity contribution is 0.0315. The Labute approximate surface area is 152 Å². The molecule has 2 aliphatic heterocycles. The zero-order valence-electron chi connectivity index (χ0n) is 15.9. The number of morpholine rings is 1. The van der Waals surface area contributed by atoms with E-state index in [0.717, 1.165) is 58.3 Å². The fourth-order valence-electron chi connectivity index (χ4n) is 3.49. The Bertz CT molecular complexity index is 558. The molecule has 0 aromatic rings. The molecule has 2 heterocycles. The molecule has 0 saturated carbocycles. The summed E-state index contributed by atoms with van der Waals surface area (Å²) >= 11 is 0. The van der Waals surface area contributed by atoms with E-state index in [-0.39, 0.29) is 0 Å². The third kappa shape index (κ3) is 7.08. The van der Waals surface area contributed by atoms with Crippen LogP contribution in [0.1, 0.15) is 20.3 Å². The van der Waals surface area contributed by atoms with Crippen LogP contribution in [-0.2, 0) is 14.8 Å². The molecule has 0 radical (unpaired) electrons. The lowest BCUT2D eigenvalue weighted by Crippen LogP contribution is -2.53. The fourth-order valence-corrected chi connectivity index (χ4v) is 4.57. The average molecular weight is 376 g/mol. The third-order valence-corrected chi connectivity index (χ3v) is 5.49. The molecule has 0 aliphatic carbocycles. The molecule has 2 N–H and O–H groups in total. The first kappa shape index (κ1) is 20.4. The Morgan fingerprint density at radius 3 is 2.56 bits per heavy atom. The number of sulfonamides is 1. The number of rotatable bonds is 6. The highest BCUT2D eigenvalue weighted by molar-refractivity contribution is 7.88. The zero-order valence-corrected chi connectivity index (χ0v) is 16.7. The summed E-state index contributed by atoms with van der Waals surface area (Å²) in [5.41, 5.74) is -0.573. The Balaban J connectivity index is 1.81. The molecule has 0 amide bonds. The molecular formula is C16H33N5O3S. The average Bonchev–Trinajstić information content (AvgIpc) is 2.95. The summed E-state index contributed by atoms with van der Waals surface area (Å²) in [5, 5.41) is 3.31. The number of likely N-dealkylation sites (tertiary alicyclic amines) is 1. The van der Waals surface area contributed by atoms with Crippen molar-refractivity contribution in [2.45, 2.75) is 25.8 Å². The zero-order chi connectivity index (χ0) is 18.5. The van der Waals surface area contributed by atoms with E-state index in [1.165, 1.54) is 6.26 Å². The minimum atomic E-state index is -3.24. The molecule has 0 aromatic carbocycles. The fraction of sp³-hybridized carbons (Fsp3) is 0.938. The van der Waals surface area contributed by atoms with E-state index in [4.69, 9.17) is 4.74 Å². The Kier molecular flexibility index (Phi) is 7.07. The van der Waals surface area contributed by atoms with Gasteiger partial charge in [-0.1, -0.05) is 0 Å². The van der Waals surface area contributed by atoms with Crippen LogP contribution in [0.5, 0.6) is 0 Å². The van der Waals surface area contributed by atoms with Crippen molar-refractivity contribution in [3.63, 3.8) is 0 Å². The van der Waals surface area contributed by atoms with Crippen molar-refractivity contribution in [2.24, 2.45) is 10.9 Å². The SMILES string of the molecule is CN=C(NCC(C)(C)NS(C)(=O)=O)N1CCC(CN2CCOCC2)C1. The van der Waals surface area contributed by atoms with E-state index >= 15 is 0 Å². The van der Waals surface area contributed by atoms with Crippen molar-refractivity contribution in [2.75, 3.05) is 65.8 Å². The molecule has 2 rings (SSSR count). The van der Waals surface area contributed by atoms with E-state index in [1.54, 1.807) is 7.05 Å². The molecule has 8 nitrogen and oxygen atoms in total. The number of nitrogens with zero attached hydrogens (tertiary/aromatic N) is 3. The molecule has 0 aromatic heterocycles. The van der Waals surface area contributed by atoms with Crippen LogP contribution in [0.25, 0.3) is 0 Å². The molecule has 2 saturated heterocycles. The van der Waals surface area contributed by atoms with E-state index in [9.17, 15) is 8.42 Å². The maximum Gasteiger partial charge on any atom is 0.209 e. The number of hydrogen-bond donors (Lipinski definition) is 2. The second-order valence-corrected chi connectivity index (χ2v) is 9.42. The first-order valence-corrected chi connectivity index (χ1v) is 10.8. The van der Waals surface area contributed by atoms with Gasteiger partial charge in [0.2, 0.25) is 10.0 Å². The van der Waals surface area contributed by atoms with Crippen LogP contribution in [-0.4, -0.2) is 95.5 Å². The third-order valence-electron chi connectivity index (χ3n) is 4.57. The molecule has 0 bridgehead atoms. The van der Waals surface area contributed by atoms with Gasteiger partial charge in [-0.05, 0) is 26.2 Å². The van der Waals surface area contributed by atoms with Gasteiger partial charge in [-0.3, -0.25) is 9.89 Å². The van der Waals surface area contributed by atoms with Crippen LogP contribution in [0.3, 0.4) is 0 Å². The van der Waals surface area contributed by atoms with E-state index in [2.05, 4.69) is 24.8 Å². The van der Waals surface area contributed by atoms with Crippen molar-refractivity contribution in [3.05, 3.63) is 0 Å². The highest BCUT2D eigenvalue weighted by Gasteiger charge is 2.28. The minimum absolute atomic E-state index is 0.484. The van der Waals surface area contributed by atoms with Crippen molar-refractivity contribution in [1.29, 1.82) is 0 Å². The lowest BCUT2D eigenvalue weighted by atomic mass is 10.1. The second-order valence-electron chi connectivity index (χ2n) is 7.67. The first-order valence-electron chi connectivity index (χ1n) is 8.93. The standard InChI is InChI=1S/C16H33N5O3S/c1-16(2,19-25(4,22)23)13-18-15(17-3)21-6-5-14(12-21)11-20-7-9-24-10-8-20/h14,19H,5-13H2,1-4H3,(H,17,18). The maximum atomic E-state index is 11.5. The van der Waals surface area contributed by atoms with E-state index in [1.807, 2.05) is 13.8 Å². The van der Waals surface area contributed by atoms with Gasteiger partial charge in [0.15, 0.2) is 5.96 Å². The van der Waals surface area contributed by atoms with Crippen LogP contribution in [0, 0.1) is 5.92 Å². The predicted octanol–water partition coefficient (Wildman–Crippen LogP) is -0.456.